The van der Waals surface area contributed by atoms with Crippen LogP contribution in [0.5, 0.6) is 0 Å². The Morgan fingerprint density at radius 1 is 0.319 bits per heavy atom. The highest BCUT2D eigenvalue weighted by Crippen LogP contribution is 2.45. The Hall–Kier alpha value is -6.05. The summed E-state index contributed by atoms with van der Waals surface area (Å²) in [6, 6.07) is 58.1. The van der Waals surface area contributed by atoms with E-state index in [1.807, 2.05) is 12.4 Å². The monoisotopic (exact) mass is 597 g/mol. The molecular formula is C46H31N. The summed E-state index contributed by atoms with van der Waals surface area (Å²) in [6.07, 6.45) is 3.84. The molecule has 0 saturated heterocycles. The second-order valence-corrected chi connectivity index (χ2v) is 12.5. The summed E-state index contributed by atoms with van der Waals surface area (Å²) in [5.41, 5.74) is 10.9. The van der Waals surface area contributed by atoms with E-state index in [1.165, 1.54) is 82.0 Å². The number of fused-ring (bicyclic) bond motifs is 4. The Bertz CT molecular complexity index is 2630. The van der Waals surface area contributed by atoms with Crippen LogP contribution in [-0.2, 0) is 0 Å². The Morgan fingerprint density at radius 3 is 1.38 bits per heavy atom. The molecule has 0 unspecified atom stereocenters. The van der Waals surface area contributed by atoms with E-state index in [-0.39, 0.29) is 0 Å². The van der Waals surface area contributed by atoms with Gasteiger partial charge in [0, 0.05) is 18.0 Å². The number of hydrogen-bond acceptors (Lipinski definition) is 1. The van der Waals surface area contributed by atoms with Crippen molar-refractivity contribution in [1.82, 2.24) is 4.98 Å². The van der Waals surface area contributed by atoms with E-state index < -0.39 is 0 Å². The molecule has 1 heteroatoms. The van der Waals surface area contributed by atoms with Gasteiger partial charge in [-0.05, 0) is 119 Å². The number of nitrogens with zero attached hydrogens (tertiary/aromatic N) is 1. The topological polar surface area (TPSA) is 12.9 Å². The third kappa shape index (κ3) is 4.76. The highest BCUT2D eigenvalue weighted by Gasteiger charge is 2.18. The Labute approximate surface area is 274 Å². The van der Waals surface area contributed by atoms with Crippen LogP contribution < -0.4 is 0 Å². The molecule has 0 saturated carbocycles. The highest BCUT2D eigenvalue weighted by atomic mass is 14.6. The Kier molecular flexibility index (Phi) is 6.43. The fourth-order valence-electron chi connectivity index (χ4n) is 7.24. The number of aryl methyl sites for hydroxylation is 1. The van der Waals surface area contributed by atoms with E-state index in [0.29, 0.717) is 0 Å². The molecule has 0 radical (unpaired) electrons. The summed E-state index contributed by atoms with van der Waals surface area (Å²) in [7, 11) is 0. The highest BCUT2D eigenvalue weighted by molar-refractivity contribution is 6.22. The van der Waals surface area contributed by atoms with Crippen molar-refractivity contribution in [1.29, 1.82) is 0 Å². The molecule has 0 amide bonds. The smallest absolute Gasteiger partial charge is 0.0346 e. The maximum atomic E-state index is 4.41. The lowest BCUT2D eigenvalue weighted by Crippen LogP contribution is -1.92. The van der Waals surface area contributed by atoms with Gasteiger partial charge in [-0.1, -0.05) is 133 Å². The third-order valence-corrected chi connectivity index (χ3v) is 9.53. The van der Waals surface area contributed by atoms with Crippen molar-refractivity contribution in [2.75, 3.05) is 0 Å². The zero-order valence-corrected chi connectivity index (χ0v) is 26.1. The van der Waals surface area contributed by atoms with Crippen LogP contribution in [0.1, 0.15) is 5.56 Å². The van der Waals surface area contributed by atoms with Crippen LogP contribution in [0.15, 0.2) is 170 Å². The normalized spacial score (nSPS) is 11.5. The van der Waals surface area contributed by atoms with Crippen molar-refractivity contribution >= 4 is 43.1 Å². The summed E-state index contributed by atoms with van der Waals surface area (Å²) in [6.45, 7) is 2.09. The largest absolute Gasteiger partial charge is 0.264 e. The van der Waals surface area contributed by atoms with Gasteiger partial charge in [0.1, 0.15) is 0 Å². The minimum Gasteiger partial charge on any atom is -0.264 e. The summed E-state index contributed by atoms with van der Waals surface area (Å²) >= 11 is 0. The van der Waals surface area contributed by atoms with Gasteiger partial charge in [0.15, 0.2) is 0 Å². The fourth-order valence-corrected chi connectivity index (χ4v) is 7.24. The van der Waals surface area contributed by atoms with E-state index >= 15 is 0 Å². The Morgan fingerprint density at radius 2 is 0.787 bits per heavy atom. The van der Waals surface area contributed by atoms with Crippen LogP contribution in [-0.4, -0.2) is 4.98 Å². The van der Waals surface area contributed by atoms with Gasteiger partial charge in [-0.15, -0.1) is 0 Å². The van der Waals surface area contributed by atoms with Crippen LogP contribution in [0, 0.1) is 6.92 Å². The van der Waals surface area contributed by atoms with Gasteiger partial charge < -0.3 is 0 Å². The molecule has 0 bridgehead atoms. The number of rotatable bonds is 4. The standard InChI is InChI=1S/C46H31N/c1-30-24-40(29-47-28-30)34-16-14-33(15-17-34)37-22-23-43-44(27-37)46(39-21-19-32-9-3-5-11-36(32)26-39)42-13-7-6-12-41(42)45(43)38-20-18-31-8-2-4-10-35(31)25-38/h2-29H,1H3. The lowest BCUT2D eigenvalue weighted by Gasteiger charge is -2.19. The first-order valence-corrected chi connectivity index (χ1v) is 16.2. The maximum absolute atomic E-state index is 4.41. The molecule has 9 aromatic rings. The second-order valence-electron chi connectivity index (χ2n) is 12.5. The number of pyridine rings is 1. The van der Waals surface area contributed by atoms with Crippen LogP contribution in [0.2, 0.25) is 0 Å². The number of hydrogen-bond donors (Lipinski definition) is 0. The quantitative estimate of drug-likeness (QED) is 0.184. The van der Waals surface area contributed by atoms with E-state index in [9.17, 15) is 0 Å². The van der Waals surface area contributed by atoms with Crippen LogP contribution in [0.25, 0.3) is 87.6 Å². The molecule has 0 N–H and O–H groups in total. The van der Waals surface area contributed by atoms with Crippen LogP contribution in [0.4, 0.5) is 0 Å². The van der Waals surface area contributed by atoms with Gasteiger partial charge in [0.2, 0.25) is 0 Å². The van der Waals surface area contributed by atoms with Gasteiger partial charge >= 0.3 is 0 Å². The SMILES string of the molecule is Cc1cncc(-c2ccc(-c3ccc4c(-c5ccc6ccccc6c5)c5ccccc5c(-c5ccc6ccccc6c5)c4c3)cc2)c1. The molecule has 8 aromatic carbocycles. The van der Waals surface area contributed by atoms with Gasteiger partial charge in [0.05, 0.1) is 0 Å². The summed E-state index contributed by atoms with van der Waals surface area (Å²) in [4.78, 5) is 4.41. The number of aromatic nitrogens is 1. The lowest BCUT2D eigenvalue weighted by molar-refractivity contribution is 1.27. The van der Waals surface area contributed by atoms with Crippen molar-refractivity contribution in [3.8, 4) is 44.5 Å². The molecule has 0 aliphatic carbocycles. The van der Waals surface area contributed by atoms with Crippen molar-refractivity contribution < 1.29 is 0 Å². The molecule has 9 rings (SSSR count). The molecule has 47 heavy (non-hydrogen) atoms. The molecule has 1 nitrogen and oxygen atoms in total. The summed E-state index contributed by atoms with van der Waals surface area (Å²) in [5, 5.41) is 10.0. The zero-order valence-electron chi connectivity index (χ0n) is 26.1. The molecule has 0 aliphatic heterocycles. The van der Waals surface area contributed by atoms with Gasteiger partial charge in [-0.2, -0.15) is 0 Å². The minimum absolute atomic E-state index is 1.14. The Balaban J connectivity index is 1.32. The van der Waals surface area contributed by atoms with E-state index in [4.69, 9.17) is 0 Å². The van der Waals surface area contributed by atoms with Gasteiger partial charge in [-0.25, -0.2) is 0 Å². The van der Waals surface area contributed by atoms with Crippen LogP contribution in [0.3, 0.4) is 0 Å². The first-order chi connectivity index (χ1) is 23.2. The maximum Gasteiger partial charge on any atom is 0.0346 e. The lowest BCUT2D eigenvalue weighted by atomic mass is 9.84. The van der Waals surface area contributed by atoms with Crippen molar-refractivity contribution in [3.63, 3.8) is 0 Å². The molecule has 0 atom stereocenters. The van der Waals surface area contributed by atoms with Gasteiger partial charge in [-0.3, -0.25) is 4.98 Å². The average molecular weight is 598 g/mol. The molecular weight excluding hydrogens is 567 g/mol. The van der Waals surface area contributed by atoms with Crippen molar-refractivity contribution in [2.24, 2.45) is 0 Å². The molecule has 1 aromatic heterocycles. The summed E-state index contributed by atoms with van der Waals surface area (Å²) < 4.78 is 0. The first-order valence-electron chi connectivity index (χ1n) is 16.2. The molecule has 220 valence electrons. The van der Waals surface area contributed by atoms with Crippen molar-refractivity contribution in [3.05, 3.63) is 176 Å². The summed E-state index contributed by atoms with van der Waals surface area (Å²) in [5.74, 6) is 0. The number of benzene rings is 8. The average Bonchev–Trinajstić information content (AvgIpc) is 3.13. The first kappa shape index (κ1) is 27.3. The third-order valence-electron chi connectivity index (χ3n) is 9.53. The fraction of sp³-hybridized carbons (Fsp3) is 0.0217. The predicted octanol–water partition coefficient (Wildman–Crippen LogP) is 12.7. The molecule has 1 heterocycles. The molecule has 0 spiro atoms. The molecule has 0 fully saturated rings. The molecule has 0 aliphatic rings. The zero-order chi connectivity index (χ0) is 31.3. The van der Waals surface area contributed by atoms with E-state index in [2.05, 4.69) is 170 Å². The van der Waals surface area contributed by atoms with E-state index in [1.54, 1.807) is 0 Å². The van der Waals surface area contributed by atoms with E-state index in [0.717, 1.165) is 11.1 Å². The van der Waals surface area contributed by atoms with Crippen LogP contribution >= 0.6 is 0 Å². The minimum atomic E-state index is 1.14. The predicted molar refractivity (Wildman–Crippen MR) is 201 cm³/mol. The van der Waals surface area contributed by atoms with Gasteiger partial charge in [0.25, 0.3) is 0 Å². The second kappa shape index (κ2) is 11.1. The van der Waals surface area contributed by atoms with Crippen molar-refractivity contribution in [2.45, 2.75) is 6.92 Å².